The Labute approximate surface area is 164 Å². The van der Waals surface area contributed by atoms with Crippen molar-refractivity contribution in [3.8, 4) is 0 Å². The number of sulfonamides is 1. The fraction of sp³-hybridized carbons (Fsp3) is 0.286. The number of carbonyl (C=O) groups excluding carboxylic acids is 1. The molecule has 146 valence electrons. The summed E-state index contributed by atoms with van der Waals surface area (Å²) in [6.07, 6.45) is 3.65. The van der Waals surface area contributed by atoms with Gasteiger partial charge in [-0.1, -0.05) is 30.3 Å². The Balaban J connectivity index is 1.45. The second-order valence-electron chi connectivity index (χ2n) is 7.11. The van der Waals surface area contributed by atoms with E-state index in [-0.39, 0.29) is 5.91 Å². The van der Waals surface area contributed by atoms with Gasteiger partial charge in [-0.25, -0.2) is 8.42 Å². The Kier molecular flexibility index (Phi) is 4.95. The molecule has 2 aromatic carbocycles. The number of hydrogen-bond donors (Lipinski definition) is 1. The molecule has 1 N–H and O–H groups in total. The summed E-state index contributed by atoms with van der Waals surface area (Å²) >= 11 is 0. The minimum absolute atomic E-state index is 0.148. The molecule has 0 aliphatic carbocycles. The Morgan fingerprint density at radius 2 is 1.71 bits per heavy atom. The standard InChI is InChI=1S/C21H23N3O3S/c1-23-15-19(18-6-2-3-7-20(18)23)21(25)22-14-16-8-10-17(11-9-16)28(26,27)24-12-4-5-13-24/h2-3,6-11,15H,4-5,12-14H2,1H3,(H,22,25). The van der Waals surface area contributed by atoms with Gasteiger partial charge in [0.1, 0.15) is 0 Å². The molecule has 0 radical (unpaired) electrons. The molecule has 1 aliphatic rings. The number of rotatable bonds is 5. The number of nitrogens with one attached hydrogen (secondary N) is 1. The van der Waals surface area contributed by atoms with Gasteiger partial charge in [0.05, 0.1) is 10.5 Å². The van der Waals surface area contributed by atoms with Gasteiger partial charge in [0.25, 0.3) is 5.91 Å². The minimum Gasteiger partial charge on any atom is -0.350 e. The highest BCUT2D eigenvalue weighted by molar-refractivity contribution is 7.89. The van der Waals surface area contributed by atoms with E-state index in [4.69, 9.17) is 0 Å². The zero-order chi connectivity index (χ0) is 19.7. The summed E-state index contributed by atoms with van der Waals surface area (Å²) in [5, 5.41) is 3.83. The van der Waals surface area contributed by atoms with Gasteiger partial charge in [-0.15, -0.1) is 0 Å². The molecule has 1 saturated heterocycles. The van der Waals surface area contributed by atoms with Crippen molar-refractivity contribution in [1.29, 1.82) is 0 Å². The van der Waals surface area contributed by atoms with Gasteiger partial charge in [0, 0.05) is 43.8 Å². The number of nitrogens with zero attached hydrogens (tertiary/aromatic N) is 2. The van der Waals surface area contributed by atoms with Crippen LogP contribution < -0.4 is 5.32 Å². The lowest BCUT2D eigenvalue weighted by Crippen LogP contribution is -2.28. The molecule has 0 bridgehead atoms. The predicted molar refractivity (Wildman–Crippen MR) is 109 cm³/mol. The highest BCUT2D eigenvalue weighted by Gasteiger charge is 2.26. The van der Waals surface area contributed by atoms with E-state index in [0.717, 1.165) is 29.3 Å². The van der Waals surface area contributed by atoms with Crippen molar-refractivity contribution >= 4 is 26.8 Å². The average molecular weight is 398 g/mol. The third kappa shape index (κ3) is 3.43. The zero-order valence-corrected chi connectivity index (χ0v) is 16.6. The van der Waals surface area contributed by atoms with Crippen LogP contribution in [0.1, 0.15) is 28.8 Å². The summed E-state index contributed by atoms with van der Waals surface area (Å²) in [6.45, 7) is 1.52. The zero-order valence-electron chi connectivity index (χ0n) is 15.8. The number of aromatic nitrogens is 1. The number of fused-ring (bicyclic) bond motifs is 1. The Hall–Kier alpha value is -2.64. The van der Waals surface area contributed by atoms with Crippen LogP contribution in [0.4, 0.5) is 0 Å². The van der Waals surface area contributed by atoms with Gasteiger partial charge >= 0.3 is 0 Å². The molecule has 1 aromatic heterocycles. The Bertz CT molecular complexity index is 1110. The van der Waals surface area contributed by atoms with E-state index in [2.05, 4.69) is 5.32 Å². The van der Waals surface area contributed by atoms with E-state index < -0.39 is 10.0 Å². The van der Waals surface area contributed by atoms with E-state index in [0.29, 0.717) is 30.1 Å². The normalized spacial score (nSPS) is 15.2. The summed E-state index contributed by atoms with van der Waals surface area (Å²) in [6, 6.07) is 14.5. The number of amides is 1. The fourth-order valence-electron chi connectivity index (χ4n) is 3.66. The van der Waals surface area contributed by atoms with Gasteiger partial charge in [-0.3, -0.25) is 4.79 Å². The summed E-state index contributed by atoms with van der Waals surface area (Å²) in [5.74, 6) is -0.148. The Morgan fingerprint density at radius 1 is 1.04 bits per heavy atom. The first-order chi connectivity index (χ1) is 13.5. The third-order valence-electron chi connectivity index (χ3n) is 5.22. The van der Waals surface area contributed by atoms with Crippen LogP contribution in [-0.2, 0) is 23.6 Å². The quantitative estimate of drug-likeness (QED) is 0.720. The van der Waals surface area contributed by atoms with Crippen LogP contribution in [0.3, 0.4) is 0 Å². The maximum atomic E-state index is 12.6. The maximum absolute atomic E-state index is 12.6. The molecule has 0 atom stereocenters. The van der Waals surface area contributed by atoms with Gasteiger partial charge in [-0.2, -0.15) is 4.31 Å². The molecule has 0 spiro atoms. The molecule has 0 saturated carbocycles. The van der Waals surface area contributed by atoms with Crippen LogP contribution >= 0.6 is 0 Å². The summed E-state index contributed by atoms with van der Waals surface area (Å²) in [4.78, 5) is 12.9. The lowest BCUT2D eigenvalue weighted by atomic mass is 10.1. The lowest BCUT2D eigenvalue weighted by molar-refractivity contribution is 0.0952. The molecule has 4 rings (SSSR count). The van der Waals surface area contributed by atoms with Gasteiger partial charge in [0.2, 0.25) is 10.0 Å². The third-order valence-corrected chi connectivity index (χ3v) is 7.13. The van der Waals surface area contributed by atoms with E-state index >= 15 is 0 Å². The molecule has 6 nitrogen and oxygen atoms in total. The number of benzene rings is 2. The van der Waals surface area contributed by atoms with Crippen molar-refractivity contribution in [2.45, 2.75) is 24.3 Å². The van der Waals surface area contributed by atoms with Crippen LogP contribution in [0.5, 0.6) is 0 Å². The van der Waals surface area contributed by atoms with Crippen molar-refractivity contribution < 1.29 is 13.2 Å². The number of para-hydroxylation sites is 1. The van der Waals surface area contributed by atoms with Crippen molar-refractivity contribution in [3.05, 3.63) is 65.9 Å². The average Bonchev–Trinajstić information content (AvgIpc) is 3.36. The SMILES string of the molecule is Cn1cc(C(=O)NCc2ccc(S(=O)(=O)N3CCCC3)cc2)c2ccccc21. The molecule has 1 aliphatic heterocycles. The number of hydrogen-bond acceptors (Lipinski definition) is 3. The topological polar surface area (TPSA) is 71.4 Å². The maximum Gasteiger partial charge on any atom is 0.253 e. The fourth-order valence-corrected chi connectivity index (χ4v) is 5.17. The van der Waals surface area contributed by atoms with Gasteiger partial charge < -0.3 is 9.88 Å². The molecule has 3 aromatic rings. The van der Waals surface area contributed by atoms with Gasteiger partial charge in [0.15, 0.2) is 0 Å². The van der Waals surface area contributed by atoms with Crippen molar-refractivity contribution in [2.75, 3.05) is 13.1 Å². The minimum atomic E-state index is -3.41. The van der Waals surface area contributed by atoms with E-state index in [1.165, 1.54) is 4.31 Å². The summed E-state index contributed by atoms with van der Waals surface area (Å²) < 4.78 is 28.6. The largest absolute Gasteiger partial charge is 0.350 e. The predicted octanol–water partition coefficient (Wildman–Crippen LogP) is 2.89. The first kappa shape index (κ1) is 18.7. The first-order valence-electron chi connectivity index (χ1n) is 9.38. The highest BCUT2D eigenvalue weighted by Crippen LogP contribution is 2.22. The van der Waals surface area contributed by atoms with E-state index in [1.54, 1.807) is 24.3 Å². The molecule has 7 heteroatoms. The molecular weight excluding hydrogens is 374 g/mol. The summed E-state index contributed by atoms with van der Waals surface area (Å²) in [5.41, 5.74) is 2.49. The van der Waals surface area contributed by atoms with E-state index in [9.17, 15) is 13.2 Å². The Morgan fingerprint density at radius 3 is 2.43 bits per heavy atom. The molecule has 1 fully saturated rings. The molecular formula is C21H23N3O3S. The smallest absolute Gasteiger partial charge is 0.253 e. The molecule has 1 amide bonds. The first-order valence-corrected chi connectivity index (χ1v) is 10.8. The van der Waals surface area contributed by atoms with Crippen molar-refractivity contribution in [3.63, 3.8) is 0 Å². The van der Waals surface area contributed by atoms with Crippen LogP contribution in [0.15, 0.2) is 59.6 Å². The highest BCUT2D eigenvalue weighted by atomic mass is 32.2. The van der Waals surface area contributed by atoms with Crippen molar-refractivity contribution in [1.82, 2.24) is 14.2 Å². The monoisotopic (exact) mass is 397 g/mol. The second-order valence-corrected chi connectivity index (χ2v) is 9.05. The van der Waals surface area contributed by atoms with Crippen molar-refractivity contribution in [2.24, 2.45) is 7.05 Å². The second kappa shape index (κ2) is 7.41. The number of aryl methyl sites for hydroxylation is 1. The molecule has 28 heavy (non-hydrogen) atoms. The van der Waals surface area contributed by atoms with Crippen LogP contribution in [0.25, 0.3) is 10.9 Å². The van der Waals surface area contributed by atoms with Crippen LogP contribution in [-0.4, -0.2) is 36.3 Å². The van der Waals surface area contributed by atoms with Gasteiger partial charge in [-0.05, 0) is 36.6 Å². The number of carbonyl (C=O) groups is 1. The molecule has 2 heterocycles. The lowest BCUT2D eigenvalue weighted by Gasteiger charge is -2.15. The van der Waals surface area contributed by atoms with Crippen LogP contribution in [0.2, 0.25) is 0 Å². The van der Waals surface area contributed by atoms with Crippen LogP contribution in [0, 0.1) is 0 Å². The van der Waals surface area contributed by atoms with E-state index in [1.807, 2.05) is 42.1 Å². The summed E-state index contributed by atoms with van der Waals surface area (Å²) in [7, 11) is -1.49. The molecule has 0 unspecified atom stereocenters.